The van der Waals surface area contributed by atoms with Gasteiger partial charge in [0.15, 0.2) is 5.69 Å². The van der Waals surface area contributed by atoms with Gasteiger partial charge in [-0.15, -0.1) is 0 Å². The third-order valence-electron chi connectivity index (χ3n) is 5.47. The number of nitrogens with one attached hydrogen (secondary N) is 2. The van der Waals surface area contributed by atoms with Gasteiger partial charge in [0, 0.05) is 36.0 Å². The van der Waals surface area contributed by atoms with Gasteiger partial charge in [0.05, 0.1) is 23.6 Å². The van der Waals surface area contributed by atoms with Crippen LogP contribution in [0.15, 0.2) is 55.1 Å². The topological polar surface area (TPSA) is 86.8 Å². The minimum absolute atomic E-state index is 0.238. The number of rotatable bonds is 5. The predicted octanol–water partition coefficient (Wildman–Crippen LogP) is 4.01. The number of carbonyl (C=O) groups is 1. The quantitative estimate of drug-likeness (QED) is 0.513. The molecular formula is C23H21FN6O. The summed E-state index contributed by atoms with van der Waals surface area (Å²) in [7, 11) is 0. The Morgan fingerprint density at radius 1 is 1.03 bits per heavy atom. The van der Waals surface area contributed by atoms with Crippen molar-refractivity contribution in [1.82, 2.24) is 25.1 Å². The number of fused-ring (bicyclic) bond motifs is 1. The number of anilines is 1. The van der Waals surface area contributed by atoms with Gasteiger partial charge in [-0.3, -0.25) is 24.8 Å². The fraction of sp³-hybridized carbons (Fsp3) is 0.217. The Kier molecular flexibility index (Phi) is 5.13. The SMILES string of the molecule is O=C(Nc1cncc(F)c1)c1n[nH]c2ccc(-c3cncc(CN4CCCC4)c3)cc12. The molecule has 0 aliphatic carbocycles. The maximum atomic E-state index is 13.4. The van der Waals surface area contributed by atoms with Crippen molar-refractivity contribution in [3.63, 3.8) is 0 Å². The monoisotopic (exact) mass is 416 g/mol. The van der Waals surface area contributed by atoms with Gasteiger partial charge in [-0.2, -0.15) is 5.10 Å². The molecule has 1 aliphatic rings. The fourth-order valence-corrected chi connectivity index (χ4v) is 3.97. The molecule has 7 nitrogen and oxygen atoms in total. The number of pyridine rings is 2. The summed E-state index contributed by atoms with van der Waals surface area (Å²) in [6.07, 6.45) is 8.70. The molecule has 0 radical (unpaired) electrons. The summed E-state index contributed by atoms with van der Waals surface area (Å²) in [5.74, 6) is -0.954. The van der Waals surface area contributed by atoms with Gasteiger partial charge in [0.25, 0.3) is 5.91 Å². The number of nitrogens with zero attached hydrogens (tertiary/aromatic N) is 4. The number of halogens is 1. The van der Waals surface area contributed by atoms with Crippen molar-refractivity contribution in [3.05, 3.63) is 72.2 Å². The van der Waals surface area contributed by atoms with Crippen molar-refractivity contribution in [2.75, 3.05) is 18.4 Å². The summed E-state index contributed by atoms with van der Waals surface area (Å²) in [5, 5.41) is 10.4. The molecule has 3 aromatic heterocycles. The van der Waals surface area contributed by atoms with Gasteiger partial charge >= 0.3 is 0 Å². The smallest absolute Gasteiger partial charge is 0.276 e. The first-order valence-corrected chi connectivity index (χ1v) is 10.2. The number of aromatic nitrogens is 4. The molecule has 4 heterocycles. The molecule has 0 spiro atoms. The third-order valence-corrected chi connectivity index (χ3v) is 5.47. The molecule has 1 amide bonds. The number of hydrogen-bond acceptors (Lipinski definition) is 5. The van der Waals surface area contributed by atoms with Gasteiger partial charge in [-0.25, -0.2) is 4.39 Å². The van der Waals surface area contributed by atoms with Crippen LogP contribution in [0, 0.1) is 5.82 Å². The van der Waals surface area contributed by atoms with Crippen LogP contribution in [-0.4, -0.2) is 44.1 Å². The maximum absolute atomic E-state index is 13.4. The lowest BCUT2D eigenvalue weighted by atomic mass is 10.0. The number of likely N-dealkylation sites (tertiary alicyclic amines) is 1. The lowest BCUT2D eigenvalue weighted by molar-refractivity contribution is 0.102. The van der Waals surface area contributed by atoms with Crippen LogP contribution in [0.4, 0.5) is 10.1 Å². The highest BCUT2D eigenvalue weighted by molar-refractivity contribution is 6.11. The van der Waals surface area contributed by atoms with E-state index in [1.165, 1.54) is 30.7 Å². The standard InChI is InChI=1S/C23H21FN6O/c24-18-9-19(13-26-12-18)27-23(31)22-20-8-16(3-4-21(20)28-29-22)17-7-15(10-25-11-17)14-30-5-1-2-6-30/h3-4,7-13H,1-2,5-6,14H2,(H,27,31)(H,28,29). The van der Waals surface area contributed by atoms with E-state index in [2.05, 4.69) is 36.4 Å². The molecule has 0 bridgehead atoms. The van der Waals surface area contributed by atoms with Crippen molar-refractivity contribution in [2.45, 2.75) is 19.4 Å². The van der Waals surface area contributed by atoms with Gasteiger partial charge in [0.1, 0.15) is 5.82 Å². The van der Waals surface area contributed by atoms with Crippen LogP contribution in [0.25, 0.3) is 22.0 Å². The summed E-state index contributed by atoms with van der Waals surface area (Å²) >= 11 is 0. The highest BCUT2D eigenvalue weighted by Gasteiger charge is 2.16. The average Bonchev–Trinajstić information content (AvgIpc) is 3.43. The molecule has 0 saturated carbocycles. The number of hydrogen-bond donors (Lipinski definition) is 2. The Morgan fingerprint density at radius 3 is 2.71 bits per heavy atom. The first-order valence-electron chi connectivity index (χ1n) is 10.2. The molecule has 4 aromatic rings. The molecule has 0 unspecified atom stereocenters. The minimum atomic E-state index is -0.520. The van der Waals surface area contributed by atoms with Crippen molar-refractivity contribution < 1.29 is 9.18 Å². The van der Waals surface area contributed by atoms with Crippen LogP contribution in [-0.2, 0) is 6.54 Å². The highest BCUT2D eigenvalue weighted by atomic mass is 19.1. The lowest BCUT2D eigenvalue weighted by Crippen LogP contribution is -2.18. The van der Waals surface area contributed by atoms with E-state index in [0.29, 0.717) is 5.39 Å². The van der Waals surface area contributed by atoms with E-state index < -0.39 is 11.7 Å². The molecule has 2 N–H and O–H groups in total. The predicted molar refractivity (Wildman–Crippen MR) is 116 cm³/mol. The Hall–Kier alpha value is -3.65. The third kappa shape index (κ3) is 4.15. The molecule has 1 aromatic carbocycles. The molecule has 1 fully saturated rings. The molecular weight excluding hydrogens is 395 g/mol. The zero-order chi connectivity index (χ0) is 21.2. The van der Waals surface area contributed by atoms with Crippen molar-refractivity contribution in [1.29, 1.82) is 0 Å². The van der Waals surface area contributed by atoms with Crippen LogP contribution < -0.4 is 5.32 Å². The van der Waals surface area contributed by atoms with E-state index >= 15 is 0 Å². The van der Waals surface area contributed by atoms with Gasteiger partial charge in [0.2, 0.25) is 0 Å². The zero-order valence-corrected chi connectivity index (χ0v) is 16.8. The van der Waals surface area contributed by atoms with Crippen LogP contribution in [0.3, 0.4) is 0 Å². The number of H-pyrrole nitrogens is 1. The summed E-state index contributed by atoms with van der Waals surface area (Å²) in [6.45, 7) is 3.15. The molecule has 5 rings (SSSR count). The number of carbonyl (C=O) groups excluding carboxylic acids is 1. The van der Waals surface area contributed by atoms with E-state index in [0.717, 1.165) is 42.5 Å². The number of aromatic amines is 1. The summed E-state index contributed by atoms with van der Waals surface area (Å²) in [6, 6.07) is 9.16. The largest absolute Gasteiger partial charge is 0.319 e. The Bertz CT molecular complexity index is 1250. The van der Waals surface area contributed by atoms with E-state index in [1.807, 2.05) is 30.6 Å². The van der Waals surface area contributed by atoms with E-state index in [4.69, 9.17) is 0 Å². The highest BCUT2D eigenvalue weighted by Crippen LogP contribution is 2.26. The van der Waals surface area contributed by atoms with E-state index in [-0.39, 0.29) is 11.4 Å². The Morgan fingerprint density at radius 2 is 1.87 bits per heavy atom. The van der Waals surface area contributed by atoms with Crippen LogP contribution in [0.1, 0.15) is 28.9 Å². The molecule has 156 valence electrons. The fourth-order valence-electron chi connectivity index (χ4n) is 3.97. The average molecular weight is 416 g/mol. The normalized spacial score (nSPS) is 14.2. The van der Waals surface area contributed by atoms with Crippen molar-refractivity contribution in [3.8, 4) is 11.1 Å². The summed E-state index contributed by atoms with van der Waals surface area (Å²) in [5.41, 5.74) is 4.36. The van der Waals surface area contributed by atoms with Gasteiger partial charge in [-0.05, 0) is 55.3 Å². The molecule has 1 aliphatic heterocycles. The van der Waals surface area contributed by atoms with E-state index in [9.17, 15) is 9.18 Å². The second kappa shape index (κ2) is 8.23. The van der Waals surface area contributed by atoms with Gasteiger partial charge in [-0.1, -0.05) is 6.07 Å². The number of amides is 1. The van der Waals surface area contributed by atoms with Crippen molar-refractivity contribution in [2.24, 2.45) is 0 Å². The minimum Gasteiger partial charge on any atom is -0.319 e. The molecule has 0 atom stereocenters. The molecule has 8 heteroatoms. The zero-order valence-electron chi connectivity index (χ0n) is 16.8. The Labute approximate surface area is 178 Å². The lowest BCUT2D eigenvalue weighted by Gasteiger charge is -2.14. The van der Waals surface area contributed by atoms with Crippen molar-refractivity contribution >= 4 is 22.5 Å². The first kappa shape index (κ1) is 19.3. The molecule has 31 heavy (non-hydrogen) atoms. The summed E-state index contributed by atoms with van der Waals surface area (Å²) < 4.78 is 13.4. The maximum Gasteiger partial charge on any atom is 0.276 e. The number of benzene rings is 1. The first-order chi connectivity index (χ1) is 15.2. The van der Waals surface area contributed by atoms with Gasteiger partial charge < -0.3 is 5.32 Å². The molecule has 1 saturated heterocycles. The second-order valence-corrected chi connectivity index (χ2v) is 7.74. The van der Waals surface area contributed by atoms with Crippen LogP contribution in [0.2, 0.25) is 0 Å². The summed E-state index contributed by atoms with van der Waals surface area (Å²) in [4.78, 5) is 23.3. The van der Waals surface area contributed by atoms with Crippen LogP contribution in [0.5, 0.6) is 0 Å². The second-order valence-electron chi connectivity index (χ2n) is 7.74. The Balaban J connectivity index is 1.43. The van der Waals surface area contributed by atoms with Crippen LogP contribution >= 0.6 is 0 Å². The van der Waals surface area contributed by atoms with E-state index in [1.54, 1.807) is 0 Å².